The van der Waals surface area contributed by atoms with E-state index in [-0.39, 0.29) is 18.1 Å². The van der Waals surface area contributed by atoms with Crippen LogP contribution in [-0.4, -0.2) is 31.6 Å². The van der Waals surface area contributed by atoms with Crippen LogP contribution < -0.4 is 16.0 Å². The summed E-state index contributed by atoms with van der Waals surface area (Å²) in [6.45, 7) is 3.60. The Bertz CT molecular complexity index is 812. The van der Waals surface area contributed by atoms with Gasteiger partial charge >= 0.3 is 5.97 Å². The van der Waals surface area contributed by atoms with Crippen molar-refractivity contribution in [1.82, 2.24) is 0 Å². The number of hydrogen-bond donors (Lipinski definition) is 2. The quantitative estimate of drug-likeness (QED) is 0.625. The van der Waals surface area contributed by atoms with Gasteiger partial charge in [0.25, 0.3) is 5.91 Å². The minimum Gasteiger partial charge on any atom is -0.452 e. The van der Waals surface area contributed by atoms with Crippen LogP contribution in [-0.2, 0) is 9.53 Å². The van der Waals surface area contributed by atoms with E-state index in [0.717, 1.165) is 24.3 Å². The van der Waals surface area contributed by atoms with E-state index in [0.29, 0.717) is 11.4 Å². The minimum absolute atomic E-state index is 0.272. The van der Waals surface area contributed by atoms with Crippen molar-refractivity contribution in [2.24, 2.45) is 0 Å². The van der Waals surface area contributed by atoms with Crippen LogP contribution in [0.3, 0.4) is 0 Å². The summed E-state index contributed by atoms with van der Waals surface area (Å²) in [6.07, 6.45) is 3.72. The number of aryl methyl sites for hydroxylation is 1. The summed E-state index contributed by atoms with van der Waals surface area (Å²) in [5.41, 5.74) is 9.16. The number of piperidine rings is 1. The van der Waals surface area contributed by atoms with Gasteiger partial charge in [-0.1, -0.05) is 12.1 Å². The molecule has 142 valence electrons. The number of carbonyl (C=O) groups excluding carboxylic acids is 2. The van der Waals surface area contributed by atoms with E-state index in [1.165, 1.54) is 19.3 Å². The van der Waals surface area contributed by atoms with Crippen molar-refractivity contribution in [3.05, 3.63) is 53.6 Å². The highest BCUT2D eigenvalue weighted by Crippen LogP contribution is 2.22. The predicted octanol–water partition coefficient (Wildman–Crippen LogP) is 3.36. The molecule has 1 heterocycles. The molecule has 2 aromatic rings. The molecular weight excluding hydrogens is 342 g/mol. The zero-order valence-electron chi connectivity index (χ0n) is 15.5. The molecule has 0 unspecified atom stereocenters. The monoisotopic (exact) mass is 367 g/mol. The van der Waals surface area contributed by atoms with Gasteiger partial charge in [0.05, 0.1) is 5.56 Å². The van der Waals surface area contributed by atoms with E-state index < -0.39 is 5.97 Å². The summed E-state index contributed by atoms with van der Waals surface area (Å²) < 4.78 is 5.08. The molecule has 1 aliphatic rings. The van der Waals surface area contributed by atoms with Crippen molar-refractivity contribution in [2.45, 2.75) is 26.2 Å². The van der Waals surface area contributed by atoms with Gasteiger partial charge in [0.1, 0.15) is 0 Å². The Labute approximate surface area is 159 Å². The van der Waals surface area contributed by atoms with Crippen molar-refractivity contribution in [3.63, 3.8) is 0 Å². The molecule has 3 rings (SSSR count). The predicted molar refractivity (Wildman–Crippen MR) is 107 cm³/mol. The Hall–Kier alpha value is -3.02. The van der Waals surface area contributed by atoms with E-state index in [1.807, 2.05) is 37.3 Å². The molecule has 6 nitrogen and oxygen atoms in total. The van der Waals surface area contributed by atoms with E-state index in [1.54, 1.807) is 12.1 Å². The average Bonchev–Trinajstić information content (AvgIpc) is 2.69. The number of hydrogen-bond acceptors (Lipinski definition) is 5. The highest BCUT2D eigenvalue weighted by molar-refractivity contribution is 5.98. The van der Waals surface area contributed by atoms with Gasteiger partial charge in [-0.3, -0.25) is 4.79 Å². The first-order chi connectivity index (χ1) is 13.0. The highest BCUT2D eigenvalue weighted by Gasteiger charge is 2.15. The maximum absolute atomic E-state index is 12.1. The van der Waals surface area contributed by atoms with Gasteiger partial charge in [0.2, 0.25) is 0 Å². The third kappa shape index (κ3) is 4.78. The maximum Gasteiger partial charge on any atom is 0.340 e. The van der Waals surface area contributed by atoms with E-state index >= 15 is 0 Å². The highest BCUT2D eigenvalue weighted by atomic mass is 16.5. The van der Waals surface area contributed by atoms with Gasteiger partial charge in [-0.25, -0.2) is 4.79 Å². The largest absolute Gasteiger partial charge is 0.452 e. The van der Waals surface area contributed by atoms with E-state index in [4.69, 9.17) is 10.5 Å². The molecule has 3 N–H and O–H groups in total. The lowest BCUT2D eigenvalue weighted by Gasteiger charge is -2.28. The molecular formula is C21H25N3O3. The standard InChI is InChI=1S/C21H25N3O3/c1-15-6-5-7-18(20(15)22)21(26)27-14-19(25)23-16-8-10-17(11-9-16)24-12-3-2-4-13-24/h5-11H,2-4,12-14,22H2,1H3,(H,23,25). The first-order valence-corrected chi connectivity index (χ1v) is 9.21. The number of benzene rings is 2. The number of amides is 1. The average molecular weight is 367 g/mol. The summed E-state index contributed by atoms with van der Waals surface area (Å²) in [5.74, 6) is -0.993. The van der Waals surface area contributed by atoms with Crippen LogP contribution in [0.1, 0.15) is 35.2 Å². The molecule has 0 saturated carbocycles. The molecule has 0 spiro atoms. The fraction of sp³-hybridized carbons (Fsp3) is 0.333. The Morgan fingerprint density at radius 2 is 1.78 bits per heavy atom. The van der Waals surface area contributed by atoms with Crippen molar-refractivity contribution >= 4 is 28.9 Å². The number of carbonyl (C=O) groups is 2. The summed E-state index contributed by atoms with van der Waals surface area (Å²) in [4.78, 5) is 26.5. The van der Waals surface area contributed by atoms with Crippen molar-refractivity contribution in [2.75, 3.05) is 35.6 Å². The molecule has 1 aliphatic heterocycles. The van der Waals surface area contributed by atoms with Gasteiger partial charge in [0, 0.05) is 30.2 Å². The lowest BCUT2D eigenvalue weighted by molar-refractivity contribution is -0.119. The SMILES string of the molecule is Cc1cccc(C(=O)OCC(=O)Nc2ccc(N3CCCCC3)cc2)c1N. The zero-order chi connectivity index (χ0) is 19.2. The van der Waals surface area contributed by atoms with E-state index in [2.05, 4.69) is 10.2 Å². The van der Waals surface area contributed by atoms with Crippen LogP contribution in [0.4, 0.5) is 17.1 Å². The van der Waals surface area contributed by atoms with Gasteiger partial charge in [-0.05, 0) is 62.1 Å². The molecule has 1 fully saturated rings. The molecule has 0 bridgehead atoms. The molecule has 1 amide bonds. The number of para-hydroxylation sites is 1. The number of nitrogens with one attached hydrogen (secondary N) is 1. The minimum atomic E-state index is -0.605. The van der Waals surface area contributed by atoms with Crippen molar-refractivity contribution in [1.29, 1.82) is 0 Å². The van der Waals surface area contributed by atoms with Gasteiger partial charge < -0.3 is 20.7 Å². The normalized spacial score (nSPS) is 13.9. The molecule has 0 aliphatic carbocycles. The van der Waals surface area contributed by atoms with Gasteiger partial charge in [-0.15, -0.1) is 0 Å². The summed E-state index contributed by atoms with van der Waals surface area (Å²) in [5, 5.41) is 2.74. The Kier molecular flexibility index (Phi) is 5.96. The molecule has 6 heteroatoms. The molecule has 0 aromatic heterocycles. The maximum atomic E-state index is 12.1. The molecule has 0 radical (unpaired) electrons. The smallest absolute Gasteiger partial charge is 0.340 e. The number of nitrogen functional groups attached to an aromatic ring is 1. The van der Waals surface area contributed by atoms with Gasteiger partial charge in [-0.2, -0.15) is 0 Å². The number of rotatable bonds is 5. The fourth-order valence-corrected chi connectivity index (χ4v) is 3.17. The van der Waals surface area contributed by atoms with Crippen LogP contribution >= 0.6 is 0 Å². The molecule has 2 aromatic carbocycles. The van der Waals surface area contributed by atoms with Crippen molar-refractivity contribution in [3.8, 4) is 0 Å². The second-order valence-corrected chi connectivity index (χ2v) is 6.76. The summed E-state index contributed by atoms with van der Waals surface area (Å²) >= 11 is 0. The number of nitrogens with two attached hydrogens (primary N) is 1. The van der Waals surface area contributed by atoms with E-state index in [9.17, 15) is 9.59 Å². The second-order valence-electron chi connectivity index (χ2n) is 6.76. The number of anilines is 3. The fourth-order valence-electron chi connectivity index (χ4n) is 3.17. The number of ether oxygens (including phenoxy) is 1. The first kappa shape index (κ1) is 18.8. The summed E-state index contributed by atoms with van der Waals surface area (Å²) in [6, 6.07) is 12.9. The van der Waals surface area contributed by atoms with Crippen LogP contribution in [0.25, 0.3) is 0 Å². The second kappa shape index (κ2) is 8.58. The Balaban J connectivity index is 1.51. The number of esters is 1. The van der Waals surface area contributed by atoms with Crippen molar-refractivity contribution < 1.29 is 14.3 Å². The van der Waals surface area contributed by atoms with Gasteiger partial charge in [0.15, 0.2) is 6.61 Å². The third-order valence-electron chi connectivity index (χ3n) is 4.75. The van der Waals surface area contributed by atoms with Crippen LogP contribution in [0, 0.1) is 6.92 Å². The lowest BCUT2D eigenvalue weighted by atomic mass is 10.1. The Morgan fingerprint density at radius 1 is 1.07 bits per heavy atom. The van der Waals surface area contributed by atoms with Crippen LogP contribution in [0.15, 0.2) is 42.5 Å². The molecule has 1 saturated heterocycles. The van der Waals surface area contributed by atoms with Crippen LogP contribution in [0.5, 0.6) is 0 Å². The third-order valence-corrected chi connectivity index (χ3v) is 4.75. The first-order valence-electron chi connectivity index (χ1n) is 9.21. The molecule has 0 atom stereocenters. The number of nitrogens with zero attached hydrogens (tertiary/aromatic N) is 1. The molecule has 27 heavy (non-hydrogen) atoms. The summed E-state index contributed by atoms with van der Waals surface area (Å²) in [7, 11) is 0. The zero-order valence-corrected chi connectivity index (χ0v) is 15.5. The topological polar surface area (TPSA) is 84.7 Å². The van der Waals surface area contributed by atoms with Crippen LogP contribution in [0.2, 0.25) is 0 Å². The Morgan fingerprint density at radius 3 is 2.48 bits per heavy atom. The lowest BCUT2D eigenvalue weighted by Crippen LogP contribution is -2.29.